The lowest BCUT2D eigenvalue weighted by atomic mass is 10.0. The van der Waals surface area contributed by atoms with E-state index in [0.717, 1.165) is 55.0 Å². The number of phenolic OH excluding ortho intramolecular Hbond substituents is 1. The lowest BCUT2D eigenvalue weighted by molar-refractivity contribution is 0.0949. The molecule has 3 aromatic rings. The molecule has 3 N–H and O–H groups in total. The first-order valence-electron chi connectivity index (χ1n) is 10.6. The predicted octanol–water partition coefficient (Wildman–Crippen LogP) is 3.82. The number of hydrogen-bond donors (Lipinski definition) is 3. The third-order valence-corrected chi connectivity index (χ3v) is 5.87. The molecule has 0 fully saturated rings. The number of fused-ring (bicyclic) bond motifs is 3. The van der Waals surface area contributed by atoms with E-state index in [9.17, 15) is 9.90 Å². The summed E-state index contributed by atoms with van der Waals surface area (Å²) in [5.41, 5.74) is 6.55. The zero-order valence-electron chi connectivity index (χ0n) is 17.5. The maximum absolute atomic E-state index is 12.7. The number of aromatic amines is 1. The van der Waals surface area contributed by atoms with Crippen LogP contribution in [0.1, 0.15) is 41.8 Å². The summed E-state index contributed by atoms with van der Waals surface area (Å²) < 4.78 is 0. The number of nitrogens with one attached hydrogen (secondary N) is 2. The standard InChI is InChI=1S/C24H28N4O2/c1-3-28(4-2)13-7-12-25-24(30)19-15-17(10-11-21(19)29)22-20-14-16-8-5-6-9-18(16)23(20)27-26-22/h5-6,8-11,15,29H,3-4,7,12-14H2,1-2H3,(H,25,30)(H,26,27). The lowest BCUT2D eigenvalue weighted by Crippen LogP contribution is -2.30. The first-order chi connectivity index (χ1) is 14.6. The number of H-pyrrole nitrogens is 1. The number of aromatic nitrogens is 2. The maximum Gasteiger partial charge on any atom is 0.255 e. The predicted molar refractivity (Wildman–Crippen MR) is 119 cm³/mol. The van der Waals surface area contributed by atoms with E-state index in [4.69, 9.17) is 0 Å². The molecule has 156 valence electrons. The van der Waals surface area contributed by atoms with Gasteiger partial charge in [0.1, 0.15) is 5.75 Å². The second-order valence-corrected chi connectivity index (χ2v) is 7.63. The summed E-state index contributed by atoms with van der Waals surface area (Å²) in [4.78, 5) is 15.0. The molecule has 1 aromatic heterocycles. The fraction of sp³-hybridized carbons (Fsp3) is 0.333. The van der Waals surface area contributed by atoms with Gasteiger partial charge in [-0.05, 0) is 49.8 Å². The quantitative estimate of drug-likeness (QED) is 0.390. The minimum Gasteiger partial charge on any atom is -0.507 e. The molecule has 1 amide bonds. The Kier molecular flexibility index (Phi) is 5.86. The summed E-state index contributed by atoms with van der Waals surface area (Å²) >= 11 is 0. The first kappa shape index (κ1) is 20.2. The highest BCUT2D eigenvalue weighted by atomic mass is 16.3. The molecule has 0 atom stereocenters. The zero-order chi connectivity index (χ0) is 21.1. The summed E-state index contributed by atoms with van der Waals surface area (Å²) in [5, 5.41) is 20.8. The molecule has 6 nitrogen and oxygen atoms in total. The fourth-order valence-electron chi connectivity index (χ4n) is 4.11. The van der Waals surface area contributed by atoms with Crippen molar-refractivity contribution in [3.8, 4) is 28.3 Å². The van der Waals surface area contributed by atoms with Crippen molar-refractivity contribution < 1.29 is 9.90 Å². The van der Waals surface area contributed by atoms with Gasteiger partial charge in [-0.3, -0.25) is 9.89 Å². The number of amides is 1. The molecule has 0 bridgehead atoms. The third-order valence-electron chi connectivity index (χ3n) is 5.87. The van der Waals surface area contributed by atoms with Crippen molar-refractivity contribution in [1.82, 2.24) is 20.4 Å². The SMILES string of the molecule is CCN(CC)CCCNC(=O)c1cc(-c2n[nH]c3c2Cc2ccccc2-3)ccc1O. The summed E-state index contributed by atoms with van der Waals surface area (Å²) in [5.74, 6) is -0.278. The Morgan fingerprint density at radius 3 is 2.80 bits per heavy atom. The van der Waals surface area contributed by atoms with Gasteiger partial charge in [0.05, 0.1) is 17.0 Å². The van der Waals surface area contributed by atoms with Gasteiger partial charge in [-0.15, -0.1) is 0 Å². The van der Waals surface area contributed by atoms with E-state index >= 15 is 0 Å². The highest BCUT2D eigenvalue weighted by Gasteiger charge is 2.25. The maximum atomic E-state index is 12.7. The Bertz CT molecular complexity index is 1050. The fourth-order valence-corrected chi connectivity index (χ4v) is 4.11. The molecule has 1 aliphatic carbocycles. The van der Waals surface area contributed by atoms with Gasteiger partial charge in [-0.2, -0.15) is 5.10 Å². The van der Waals surface area contributed by atoms with E-state index in [2.05, 4.69) is 46.4 Å². The Labute approximate surface area is 176 Å². The van der Waals surface area contributed by atoms with E-state index in [0.29, 0.717) is 6.54 Å². The molecule has 6 heteroatoms. The summed E-state index contributed by atoms with van der Waals surface area (Å²) in [6, 6.07) is 13.4. The number of phenols is 1. The van der Waals surface area contributed by atoms with E-state index in [-0.39, 0.29) is 17.2 Å². The Balaban J connectivity index is 1.50. The van der Waals surface area contributed by atoms with Crippen LogP contribution in [0.5, 0.6) is 5.75 Å². The van der Waals surface area contributed by atoms with Crippen LogP contribution in [0.4, 0.5) is 0 Å². The summed E-state index contributed by atoms with van der Waals surface area (Å²) in [6.07, 6.45) is 1.68. The minimum absolute atomic E-state index is 0.0181. The second kappa shape index (κ2) is 8.71. The van der Waals surface area contributed by atoms with Crippen molar-refractivity contribution in [3.05, 3.63) is 59.2 Å². The van der Waals surface area contributed by atoms with Gasteiger partial charge in [-0.25, -0.2) is 0 Å². The molecular formula is C24H28N4O2. The molecule has 1 aliphatic rings. The minimum atomic E-state index is -0.260. The van der Waals surface area contributed by atoms with Crippen LogP contribution in [0.25, 0.3) is 22.5 Å². The lowest BCUT2D eigenvalue weighted by Gasteiger charge is -2.17. The van der Waals surface area contributed by atoms with Crippen LogP contribution in [0.2, 0.25) is 0 Å². The van der Waals surface area contributed by atoms with Crippen LogP contribution in [0, 0.1) is 0 Å². The first-order valence-corrected chi connectivity index (χ1v) is 10.6. The van der Waals surface area contributed by atoms with Crippen LogP contribution < -0.4 is 5.32 Å². The zero-order valence-corrected chi connectivity index (χ0v) is 17.5. The molecule has 0 radical (unpaired) electrons. The van der Waals surface area contributed by atoms with E-state index in [1.807, 2.05) is 18.2 Å². The van der Waals surface area contributed by atoms with Crippen LogP contribution in [0.3, 0.4) is 0 Å². The number of nitrogens with zero attached hydrogens (tertiary/aromatic N) is 2. The van der Waals surface area contributed by atoms with Crippen molar-refractivity contribution in [3.63, 3.8) is 0 Å². The molecule has 0 unspecified atom stereocenters. The van der Waals surface area contributed by atoms with Crippen LogP contribution in [-0.2, 0) is 6.42 Å². The molecule has 0 saturated carbocycles. The van der Waals surface area contributed by atoms with E-state index in [1.165, 1.54) is 11.1 Å². The van der Waals surface area contributed by atoms with Gasteiger partial charge < -0.3 is 15.3 Å². The molecule has 0 spiro atoms. The normalized spacial score (nSPS) is 12.1. The van der Waals surface area contributed by atoms with Crippen molar-refractivity contribution in [1.29, 1.82) is 0 Å². The van der Waals surface area contributed by atoms with Crippen molar-refractivity contribution >= 4 is 5.91 Å². The van der Waals surface area contributed by atoms with Crippen LogP contribution >= 0.6 is 0 Å². The highest BCUT2D eigenvalue weighted by molar-refractivity contribution is 5.98. The number of aromatic hydroxyl groups is 1. The molecule has 0 aliphatic heterocycles. The number of carbonyl (C=O) groups excluding carboxylic acids is 1. The molecule has 2 aromatic carbocycles. The largest absolute Gasteiger partial charge is 0.507 e. The average Bonchev–Trinajstić information content (AvgIpc) is 3.33. The number of benzene rings is 2. The number of hydrogen-bond acceptors (Lipinski definition) is 4. The van der Waals surface area contributed by atoms with Gasteiger partial charge in [0, 0.05) is 29.7 Å². The van der Waals surface area contributed by atoms with Gasteiger partial charge in [0.15, 0.2) is 0 Å². The molecular weight excluding hydrogens is 376 g/mol. The second-order valence-electron chi connectivity index (χ2n) is 7.63. The van der Waals surface area contributed by atoms with Crippen molar-refractivity contribution in [2.24, 2.45) is 0 Å². The molecule has 4 rings (SSSR count). The van der Waals surface area contributed by atoms with Crippen molar-refractivity contribution in [2.45, 2.75) is 26.7 Å². The van der Waals surface area contributed by atoms with Gasteiger partial charge >= 0.3 is 0 Å². The number of rotatable bonds is 8. The van der Waals surface area contributed by atoms with Crippen LogP contribution in [0.15, 0.2) is 42.5 Å². The third kappa shape index (κ3) is 3.83. The van der Waals surface area contributed by atoms with E-state index in [1.54, 1.807) is 12.1 Å². The molecule has 0 saturated heterocycles. The Hall–Kier alpha value is -3.12. The van der Waals surface area contributed by atoms with Gasteiger partial charge in [-0.1, -0.05) is 38.1 Å². The highest BCUT2D eigenvalue weighted by Crippen LogP contribution is 2.40. The van der Waals surface area contributed by atoms with Crippen molar-refractivity contribution in [2.75, 3.05) is 26.2 Å². The Morgan fingerprint density at radius 2 is 2.00 bits per heavy atom. The summed E-state index contributed by atoms with van der Waals surface area (Å²) in [7, 11) is 0. The summed E-state index contributed by atoms with van der Waals surface area (Å²) in [6.45, 7) is 7.80. The molecule has 1 heterocycles. The monoisotopic (exact) mass is 404 g/mol. The van der Waals surface area contributed by atoms with Crippen LogP contribution in [-0.4, -0.2) is 52.3 Å². The van der Waals surface area contributed by atoms with Gasteiger partial charge in [0.25, 0.3) is 5.91 Å². The molecule has 30 heavy (non-hydrogen) atoms. The topological polar surface area (TPSA) is 81.2 Å². The number of carbonyl (C=O) groups is 1. The Morgan fingerprint density at radius 1 is 1.20 bits per heavy atom. The smallest absolute Gasteiger partial charge is 0.255 e. The van der Waals surface area contributed by atoms with E-state index < -0.39 is 0 Å². The average molecular weight is 405 g/mol. The van der Waals surface area contributed by atoms with Gasteiger partial charge in [0.2, 0.25) is 0 Å².